The minimum absolute atomic E-state index is 0.489. The number of hydrogen-bond donors (Lipinski definition) is 1. The second kappa shape index (κ2) is 7.12. The molecule has 4 nitrogen and oxygen atoms in total. The molecule has 0 aliphatic carbocycles. The summed E-state index contributed by atoms with van der Waals surface area (Å²) in [4.78, 5) is 2.43. The van der Waals surface area contributed by atoms with E-state index in [2.05, 4.69) is 20.8 Å². The minimum Gasteiger partial charge on any atom is -0.493 e. The standard InChI is InChI=1S/C14H21BrN2O2/c1-18-13-9-11(10-16)8-12(15)14(13)19-7-6-17-4-2-3-5-17/h8-9H,2-7,10,16H2,1H3. The third kappa shape index (κ3) is 3.84. The fourth-order valence-electron chi connectivity index (χ4n) is 2.31. The van der Waals surface area contributed by atoms with Crippen molar-refractivity contribution >= 4 is 15.9 Å². The van der Waals surface area contributed by atoms with Gasteiger partial charge in [-0.05, 0) is 59.6 Å². The number of rotatable bonds is 6. The lowest BCUT2D eigenvalue weighted by atomic mass is 10.2. The second-order valence-electron chi connectivity index (χ2n) is 4.71. The molecule has 0 aromatic heterocycles. The first-order valence-electron chi connectivity index (χ1n) is 6.66. The van der Waals surface area contributed by atoms with Gasteiger partial charge in [-0.1, -0.05) is 0 Å². The molecule has 19 heavy (non-hydrogen) atoms. The van der Waals surface area contributed by atoms with Crippen molar-refractivity contribution in [2.24, 2.45) is 5.73 Å². The van der Waals surface area contributed by atoms with Crippen molar-refractivity contribution in [2.75, 3.05) is 33.4 Å². The van der Waals surface area contributed by atoms with Gasteiger partial charge in [0.2, 0.25) is 0 Å². The van der Waals surface area contributed by atoms with E-state index in [4.69, 9.17) is 15.2 Å². The number of likely N-dealkylation sites (tertiary alicyclic amines) is 1. The Kier molecular flexibility index (Phi) is 5.48. The third-order valence-corrected chi connectivity index (χ3v) is 3.97. The zero-order chi connectivity index (χ0) is 13.7. The van der Waals surface area contributed by atoms with Crippen LogP contribution < -0.4 is 15.2 Å². The van der Waals surface area contributed by atoms with E-state index in [1.807, 2.05) is 12.1 Å². The van der Waals surface area contributed by atoms with Crippen LogP contribution in [0.3, 0.4) is 0 Å². The van der Waals surface area contributed by atoms with Crippen LogP contribution >= 0.6 is 15.9 Å². The molecule has 1 aliphatic rings. The first-order valence-corrected chi connectivity index (χ1v) is 7.45. The average molecular weight is 329 g/mol. The summed E-state index contributed by atoms with van der Waals surface area (Å²) >= 11 is 3.52. The zero-order valence-electron chi connectivity index (χ0n) is 11.3. The van der Waals surface area contributed by atoms with Crippen molar-refractivity contribution < 1.29 is 9.47 Å². The minimum atomic E-state index is 0.489. The number of nitrogens with zero attached hydrogens (tertiary/aromatic N) is 1. The molecule has 2 N–H and O–H groups in total. The SMILES string of the molecule is COc1cc(CN)cc(Br)c1OCCN1CCCC1. The number of halogens is 1. The lowest BCUT2D eigenvalue weighted by molar-refractivity contribution is 0.229. The highest BCUT2D eigenvalue weighted by molar-refractivity contribution is 9.10. The number of ether oxygens (including phenoxy) is 2. The van der Waals surface area contributed by atoms with Gasteiger partial charge in [0.25, 0.3) is 0 Å². The summed E-state index contributed by atoms with van der Waals surface area (Å²) in [6, 6.07) is 3.91. The number of benzene rings is 1. The molecule has 2 rings (SSSR count). The maximum Gasteiger partial charge on any atom is 0.175 e. The third-order valence-electron chi connectivity index (χ3n) is 3.38. The highest BCUT2D eigenvalue weighted by atomic mass is 79.9. The predicted molar refractivity (Wildman–Crippen MR) is 79.8 cm³/mol. The monoisotopic (exact) mass is 328 g/mol. The van der Waals surface area contributed by atoms with Gasteiger partial charge in [0.05, 0.1) is 11.6 Å². The molecule has 0 bridgehead atoms. The lowest BCUT2D eigenvalue weighted by Gasteiger charge is -2.17. The molecule has 1 fully saturated rings. The smallest absolute Gasteiger partial charge is 0.175 e. The summed E-state index contributed by atoms with van der Waals surface area (Å²) < 4.78 is 12.1. The van der Waals surface area contributed by atoms with Crippen molar-refractivity contribution in [3.8, 4) is 11.5 Å². The van der Waals surface area contributed by atoms with Gasteiger partial charge in [0.1, 0.15) is 6.61 Å². The number of methoxy groups -OCH3 is 1. The normalized spacial score (nSPS) is 15.7. The van der Waals surface area contributed by atoms with Crippen LogP contribution in [0.2, 0.25) is 0 Å². The van der Waals surface area contributed by atoms with Crippen LogP contribution in [0.15, 0.2) is 16.6 Å². The molecule has 0 spiro atoms. The maximum atomic E-state index is 5.87. The topological polar surface area (TPSA) is 47.7 Å². The Morgan fingerprint density at radius 1 is 1.32 bits per heavy atom. The Hall–Kier alpha value is -0.780. The largest absolute Gasteiger partial charge is 0.493 e. The summed E-state index contributed by atoms with van der Waals surface area (Å²) in [6.07, 6.45) is 2.61. The van der Waals surface area contributed by atoms with E-state index in [-0.39, 0.29) is 0 Å². The van der Waals surface area contributed by atoms with Gasteiger partial charge in [-0.3, -0.25) is 4.90 Å². The Balaban J connectivity index is 1.98. The van der Waals surface area contributed by atoms with Gasteiger partial charge in [0, 0.05) is 13.1 Å². The molecular formula is C14H21BrN2O2. The van der Waals surface area contributed by atoms with Crippen molar-refractivity contribution in [3.05, 3.63) is 22.2 Å². The molecule has 1 aliphatic heterocycles. The van der Waals surface area contributed by atoms with Gasteiger partial charge < -0.3 is 15.2 Å². The van der Waals surface area contributed by atoms with Crippen molar-refractivity contribution in [1.82, 2.24) is 4.90 Å². The van der Waals surface area contributed by atoms with Crippen LogP contribution in [0.4, 0.5) is 0 Å². The van der Waals surface area contributed by atoms with E-state index >= 15 is 0 Å². The molecule has 5 heteroatoms. The first-order chi connectivity index (χ1) is 9.24. The maximum absolute atomic E-state index is 5.87. The summed E-state index contributed by atoms with van der Waals surface area (Å²) in [6.45, 7) is 4.51. The molecule has 106 valence electrons. The van der Waals surface area contributed by atoms with Gasteiger partial charge in [-0.25, -0.2) is 0 Å². The summed E-state index contributed by atoms with van der Waals surface area (Å²) in [5.74, 6) is 1.50. The van der Waals surface area contributed by atoms with Crippen LogP contribution in [-0.4, -0.2) is 38.3 Å². The molecule has 1 saturated heterocycles. The number of nitrogens with two attached hydrogens (primary N) is 1. The molecule has 0 radical (unpaired) electrons. The van der Waals surface area contributed by atoms with Crippen LogP contribution in [-0.2, 0) is 6.54 Å². The van der Waals surface area contributed by atoms with E-state index < -0.39 is 0 Å². The quantitative estimate of drug-likeness (QED) is 0.871. The summed E-state index contributed by atoms with van der Waals surface area (Å²) in [5.41, 5.74) is 6.68. The van der Waals surface area contributed by atoms with E-state index in [0.717, 1.165) is 28.1 Å². The Morgan fingerprint density at radius 3 is 2.68 bits per heavy atom. The van der Waals surface area contributed by atoms with Crippen LogP contribution in [0.5, 0.6) is 11.5 Å². The molecule has 0 unspecified atom stereocenters. The van der Waals surface area contributed by atoms with Crippen LogP contribution in [0, 0.1) is 0 Å². The Labute approximate surface area is 123 Å². The molecule has 0 atom stereocenters. The zero-order valence-corrected chi connectivity index (χ0v) is 12.9. The molecular weight excluding hydrogens is 308 g/mol. The van der Waals surface area contributed by atoms with Crippen molar-refractivity contribution in [1.29, 1.82) is 0 Å². The van der Waals surface area contributed by atoms with E-state index in [0.29, 0.717) is 13.2 Å². The molecule has 1 heterocycles. The van der Waals surface area contributed by atoms with Gasteiger partial charge in [-0.2, -0.15) is 0 Å². The Morgan fingerprint density at radius 2 is 2.05 bits per heavy atom. The highest BCUT2D eigenvalue weighted by Gasteiger charge is 2.14. The first kappa shape index (κ1) is 14.6. The van der Waals surface area contributed by atoms with Crippen molar-refractivity contribution in [2.45, 2.75) is 19.4 Å². The average Bonchev–Trinajstić information content (AvgIpc) is 2.93. The molecule has 0 amide bonds. The van der Waals surface area contributed by atoms with Gasteiger partial charge >= 0.3 is 0 Å². The molecule has 1 aromatic rings. The van der Waals surface area contributed by atoms with E-state index in [1.165, 1.54) is 25.9 Å². The van der Waals surface area contributed by atoms with Crippen LogP contribution in [0.1, 0.15) is 18.4 Å². The van der Waals surface area contributed by atoms with E-state index in [1.54, 1.807) is 7.11 Å². The van der Waals surface area contributed by atoms with Gasteiger partial charge in [-0.15, -0.1) is 0 Å². The fraction of sp³-hybridized carbons (Fsp3) is 0.571. The summed E-state index contributed by atoms with van der Waals surface area (Å²) in [5, 5.41) is 0. The van der Waals surface area contributed by atoms with Gasteiger partial charge in [0.15, 0.2) is 11.5 Å². The lowest BCUT2D eigenvalue weighted by Crippen LogP contribution is -2.25. The fourth-order valence-corrected chi connectivity index (χ4v) is 2.92. The number of hydrogen-bond acceptors (Lipinski definition) is 4. The van der Waals surface area contributed by atoms with Crippen molar-refractivity contribution in [3.63, 3.8) is 0 Å². The summed E-state index contributed by atoms with van der Waals surface area (Å²) in [7, 11) is 1.65. The van der Waals surface area contributed by atoms with Crippen LogP contribution in [0.25, 0.3) is 0 Å². The Bertz CT molecular complexity index is 420. The molecule has 1 aromatic carbocycles. The predicted octanol–water partition coefficient (Wildman–Crippen LogP) is 2.39. The van der Waals surface area contributed by atoms with E-state index in [9.17, 15) is 0 Å². The second-order valence-corrected chi connectivity index (χ2v) is 5.56. The molecule has 0 saturated carbocycles. The highest BCUT2D eigenvalue weighted by Crippen LogP contribution is 2.36.